The number of nitrogens with two attached hydrogens (primary N) is 1. The number of carbonyl (C=O) groups excluding carboxylic acids is 1. The molecule has 6 nitrogen and oxygen atoms in total. The summed E-state index contributed by atoms with van der Waals surface area (Å²) in [6, 6.07) is 8.15. The molecule has 6 heteroatoms. The summed E-state index contributed by atoms with van der Waals surface area (Å²) in [6.07, 6.45) is 2.81. The largest absolute Gasteiger partial charge is 0.366 e. The molecule has 4 N–H and O–H groups in total. The highest BCUT2D eigenvalue weighted by Gasteiger charge is 2.03. The predicted molar refractivity (Wildman–Crippen MR) is 81.7 cm³/mol. The highest BCUT2D eigenvalue weighted by atomic mass is 16.1. The van der Waals surface area contributed by atoms with Crippen molar-refractivity contribution in [3.8, 4) is 0 Å². The van der Waals surface area contributed by atoms with E-state index in [1.807, 2.05) is 0 Å². The van der Waals surface area contributed by atoms with Crippen LogP contribution in [-0.4, -0.2) is 15.9 Å². The molecule has 0 saturated carbocycles. The van der Waals surface area contributed by atoms with Crippen LogP contribution in [0.4, 0.5) is 11.6 Å². The molecule has 0 saturated heterocycles. The van der Waals surface area contributed by atoms with Gasteiger partial charge in [0, 0.05) is 23.0 Å². The number of rotatable bonds is 6. The summed E-state index contributed by atoms with van der Waals surface area (Å²) in [6.45, 7) is 2.09. The Kier molecular flexibility index (Phi) is 4.71. The fraction of sp³-hybridized carbons (Fsp3) is 0.267. The minimum absolute atomic E-state index is 0.188. The third-order valence-corrected chi connectivity index (χ3v) is 3.01. The number of anilines is 2. The van der Waals surface area contributed by atoms with Gasteiger partial charge in [0.25, 0.3) is 5.56 Å². The third-order valence-electron chi connectivity index (χ3n) is 3.01. The quantitative estimate of drug-likeness (QED) is 0.755. The summed E-state index contributed by atoms with van der Waals surface area (Å²) in [4.78, 5) is 29.6. The first kappa shape index (κ1) is 14.8. The smallest absolute Gasteiger partial charge is 0.252 e. The Hall–Kier alpha value is -2.63. The summed E-state index contributed by atoms with van der Waals surface area (Å²) < 4.78 is 0. The van der Waals surface area contributed by atoms with Crippen LogP contribution in [0.15, 0.2) is 35.1 Å². The fourth-order valence-electron chi connectivity index (χ4n) is 1.91. The Morgan fingerprint density at radius 1 is 1.33 bits per heavy atom. The van der Waals surface area contributed by atoms with Crippen molar-refractivity contribution in [1.82, 2.24) is 9.97 Å². The van der Waals surface area contributed by atoms with E-state index in [-0.39, 0.29) is 5.56 Å². The number of primary amides is 1. The number of aromatic nitrogens is 2. The zero-order valence-electron chi connectivity index (χ0n) is 11.8. The summed E-state index contributed by atoms with van der Waals surface area (Å²) >= 11 is 0. The standard InChI is InChI=1S/C15H18N4O2/c1-2-3-4-12-9-13(20)19-15(18-12)17-11-7-5-10(6-8-11)14(16)21/h5-9H,2-4H2,1H3,(H2,16,21)(H2,17,18,19,20). The molecule has 1 heterocycles. The van der Waals surface area contributed by atoms with Gasteiger partial charge in [0.2, 0.25) is 11.9 Å². The van der Waals surface area contributed by atoms with Crippen LogP contribution in [0.2, 0.25) is 0 Å². The predicted octanol–water partition coefficient (Wildman–Crippen LogP) is 1.95. The molecule has 0 spiro atoms. The fourth-order valence-corrected chi connectivity index (χ4v) is 1.91. The number of benzene rings is 1. The lowest BCUT2D eigenvalue weighted by Crippen LogP contribution is -2.12. The minimum Gasteiger partial charge on any atom is -0.366 e. The number of hydrogen-bond donors (Lipinski definition) is 3. The molecule has 0 fully saturated rings. The van der Waals surface area contributed by atoms with Crippen molar-refractivity contribution in [2.24, 2.45) is 5.73 Å². The van der Waals surface area contributed by atoms with Gasteiger partial charge in [0.15, 0.2) is 0 Å². The second kappa shape index (κ2) is 6.69. The van der Waals surface area contributed by atoms with Crippen LogP contribution in [0, 0.1) is 0 Å². The normalized spacial score (nSPS) is 10.3. The van der Waals surface area contributed by atoms with E-state index in [1.54, 1.807) is 24.3 Å². The van der Waals surface area contributed by atoms with Crippen molar-refractivity contribution in [3.05, 3.63) is 51.9 Å². The maximum atomic E-state index is 11.6. The van der Waals surface area contributed by atoms with E-state index in [1.165, 1.54) is 6.07 Å². The summed E-state index contributed by atoms with van der Waals surface area (Å²) in [5.74, 6) is -0.0879. The molecule has 2 aromatic rings. The number of aromatic amines is 1. The Balaban J connectivity index is 2.16. The summed E-state index contributed by atoms with van der Waals surface area (Å²) in [7, 11) is 0. The van der Waals surface area contributed by atoms with Crippen LogP contribution in [-0.2, 0) is 6.42 Å². The zero-order chi connectivity index (χ0) is 15.2. The van der Waals surface area contributed by atoms with Crippen molar-refractivity contribution in [2.75, 3.05) is 5.32 Å². The maximum absolute atomic E-state index is 11.6. The van der Waals surface area contributed by atoms with Crippen molar-refractivity contribution < 1.29 is 4.79 Å². The van der Waals surface area contributed by atoms with E-state index >= 15 is 0 Å². The van der Waals surface area contributed by atoms with E-state index in [9.17, 15) is 9.59 Å². The molecule has 1 aromatic heterocycles. The van der Waals surface area contributed by atoms with Crippen LogP contribution in [0.1, 0.15) is 35.8 Å². The van der Waals surface area contributed by atoms with Gasteiger partial charge in [0.05, 0.1) is 0 Å². The van der Waals surface area contributed by atoms with Gasteiger partial charge < -0.3 is 11.1 Å². The second-order valence-corrected chi connectivity index (χ2v) is 4.76. The van der Waals surface area contributed by atoms with E-state index < -0.39 is 5.91 Å². The van der Waals surface area contributed by atoms with Crippen molar-refractivity contribution in [3.63, 3.8) is 0 Å². The number of unbranched alkanes of at least 4 members (excludes halogenated alkanes) is 1. The van der Waals surface area contributed by atoms with Crippen LogP contribution >= 0.6 is 0 Å². The van der Waals surface area contributed by atoms with Gasteiger partial charge in [-0.3, -0.25) is 14.6 Å². The van der Waals surface area contributed by atoms with Gasteiger partial charge in [-0.05, 0) is 37.1 Å². The lowest BCUT2D eigenvalue weighted by atomic mass is 10.2. The average Bonchev–Trinajstić information content (AvgIpc) is 2.45. The van der Waals surface area contributed by atoms with Crippen LogP contribution in [0.3, 0.4) is 0 Å². The number of amides is 1. The highest BCUT2D eigenvalue weighted by Crippen LogP contribution is 2.13. The molecule has 0 radical (unpaired) electrons. The lowest BCUT2D eigenvalue weighted by molar-refractivity contribution is 0.100. The molecule has 0 atom stereocenters. The molecule has 0 aliphatic carbocycles. The molecular formula is C15H18N4O2. The number of H-pyrrole nitrogens is 1. The Bertz CT molecular complexity index is 677. The molecule has 1 amide bonds. The first-order chi connectivity index (χ1) is 10.1. The molecule has 2 rings (SSSR count). The lowest BCUT2D eigenvalue weighted by Gasteiger charge is -2.07. The van der Waals surface area contributed by atoms with Crippen LogP contribution < -0.4 is 16.6 Å². The van der Waals surface area contributed by atoms with Crippen LogP contribution in [0.25, 0.3) is 0 Å². The number of nitrogens with zero attached hydrogens (tertiary/aromatic N) is 1. The third kappa shape index (κ3) is 4.17. The van der Waals surface area contributed by atoms with Gasteiger partial charge >= 0.3 is 0 Å². The first-order valence-corrected chi connectivity index (χ1v) is 6.85. The number of carbonyl (C=O) groups is 1. The van der Waals surface area contributed by atoms with E-state index in [2.05, 4.69) is 22.2 Å². The molecule has 110 valence electrons. The summed E-state index contributed by atoms with van der Waals surface area (Å²) in [5.41, 5.74) is 6.90. The zero-order valence-corrected chi connectivity index (χ0v) is 11.8. The minimum atomic E-state index is -0.477. The van der Waals surface area contributed by atoms with Gasteiger partial charge in [-0.1, -0.05) is 13.3 Å². The van der Waals surface area contributed by atoms with E-state index in [0.717, 1.165) is 30.6 Å². The topological polar surface area (TPSA) is 101 Å². The molecule has 0 aliphatic heterocycles. The van der Waals surface area contributed by atoms with Gasteiger partial charge in [0.1, 0.15) is 0 Å². The summed E-state index contributed by atoms with van der Waals surface area (Å²) in [5, 5.41) is 3.01. The van der Waals surface area contributed by atoms with Gasteiger partial charge in [-0.2, -0.15) is 0 Å². The van der Waals surface area contributed by atoms with E-state index in [4.69, 9.17) is 5.73 Å². The average molecular weight is 286 g/mol. The molecule has 0 bridgehead atoms. The van der Waals surface area contributed by atoms with Crippen molar-refractivity contribution in [2.45, 2.75) is 26.2 Å². The Morgan fingerprint density at radius 3 is 2.67 bits per heavy atom. The monoisotopic (exact) mass is 286 g/mol. The Labute approximate surface area is 122 Å². The molecule has 0 aliphatic rings. The number of nitrogens with one attached hydrogen (secondary N) is 2. The molecule has 21 heavy (non-hydrogen) atoms. The van der Waals surface area contributed by atoms with E-state index in [0.29, 0.717) is 11.5 Å². The van der Waals surface area contributed by atoms with Gasteiger partial charge in [-0.15, -0.1) is 0 Å². The Morgan fingerprint density at radius 2 is 2.05 bits per heavy atom. The SMILES string of the molecule is CCCCc1cc(=O)[nH]c(Nc2ccc(C(N)=O)cc2)n1. The molecule has 0 unspecified atom stereocenters. The van der Waals surface area contributed by atoms with Crippen molar-refractivity contribution >= 4 is 17.5 Å². The van der Waals surface area contributed by atoms with Crippen molar-refractivity contribution in [1.29, 1.82) is 0 Å². The highest BCUT2D eigenvalue weighted by molar-refractivity contribution is 5.93. The molecule has 1 aromatic carbocycles. The maximum Gasteiger partial charge on any atom is 0.252 e. The van der Waals surface area contributed by atoms with Gasteiger partial charge in [-0.25, -0.2) is 4.98 Å². The number of aryl methyl sites for hydroxylation is 1. The second-order valence-electron chi connectivity index (χ2n) is 4.76. The number of hydrogen-bond acceptors (Lipinski definition) is 4. The molecular weight excluding hydrogens is 268 g/mol. The first-order valence-electron chi connectivity index (χ1n) is 6.85. The van der Waals surface area contributed by atoms with Crippen LogP contribution in [0.5, 0.6) is 0 Å².